The molecule has 0 aliphatic heterocycles. The molecule has 2 heterocycles. The van der Waals surface area contributed by atoms with Crippen LogP contribution in [-0.2, 0) is 18.8 Å². The summed E-state index contributed by atoms with van der Waals surface area (Å²) in [4.78, 5) is 8.84. The molecule has 2 aromatic heterocycles. The quantitative estimate of drug-likeness (QED) is 0.219. The van der Waals surface area contributed by atoms with Crippen molar-refractivity contribution in [3.8, 4) is 5.75 Å². The number of aromatic nitrogens is 1. The second-order valence-corrected chi connectivity index (χ2v) is 7.05. The number of nitrogens with zero attached hydrogens (tertiary/aromatic N) is 2. The molecule has 7 nitrogen and oxygen atoms in total. The Hall–Kier alpha value is -2.59. The Kier molecular flexibility index (Phi) is 9.80. The first-order valence-electron chi connectivity index (χ1n) is 9.97. The number of ether oxygens (including phenoxy) is 1. The summed E-state index contributed by atoms with van der Waals surface area (Å²) in [5, 5.41) is 16.9. The van der Waals surface area contributed by atoms with E-state index in [0.29, 0.717) is 24.9 Å². The molecular weight excluding hydrogens is 507 g/mol. The average Bonchev–Trinajstić information content (AvgIpc) is 3.32. The first kappa shape index (κ1) is 24.7. The van der Waals surface area contributed by atoms with E-state index in [1.54, 1.807) is 31.5 Å². The van der Waals surface area contributed by atoms with Crippen LogP contribution in [-0.4, -0.2) is 29.1 Å². The number of nitrogens with one attached hydrogen (secondary N) is 2. The first-order valence-corrected chi connectivity index (χ1v) is 9.97. The van der Waals surface area contributed by atoms with Crippen LogP contribution in [0.2, 0.25) is 0 Å². The summed E-state index contributed by atoms with van der Waals surface area (Å²) in [6.07, 6.45) is 3.30. The van der Waals surface area contributed by atoms with Crippen LogP contribution in [0, 0.1) is 0 Å². The smallest absolute Gasteiger partial charge is 0.191 e. The van der Waals surface area contributed by atoms with Gasteiger partial charge >= 0.3 is 0 Å². The van der Waals surface area contributed by atoms with Crippen LogP contribution < -0.4 is 15.4 Å². The summed E-state index contributed by atoms with van der Waals surface area (Å²) in [5.74, 6) is 1.92. The van der Waals surface area contributed by atoms with Crippen LogP contribution >= 0.6 is 24.0 Å². The van der Waals surface area contributed by atoms with Crippen LogP contribution in [0.25, 0.3) is 0 Å². The van der Waals surface area contributed by atoms with Gasteiger partial charge in [-0.15, -0.1) is 24.0 Å². The van der Waals surface area contributed by atoms with E-state index < -0.39 is 5.60 Å². The summed E-state index contributed by atoms with van der Waals surface area (Å²) < 4.78 is 11.1. The van der Waals surface area contributed by atoms with E-state index in [2.05, 4.69) is 20.6 Å². The molecule has 0 saturated heterocycles. The second-order valence-electron chi connectivity index (χ2n) is 7.05. The Labute approximate surface area is 200 Å². The maximum atomic E-state index is 10.6. The molecule has 0 aliphatic carbocycles. The Morgan fingerprint density at radius 3 is 2.58 bits per heavy atom. The predicted molar refractivity (Wildman–Crippen MR) is 132 cm³/mol. The zero-order chi connectivity index (χ0) is 21.2. The molecule has 8 heteroatoms. The lowest BCUT2D eigenvalue weighted by Crippen LogP contribution is -2.44. The van der Waals surface area contributed by atoms with Gasteiger partial charge in [0.1, 0.15) is 23.7 Å². The highest BCUT2D eigenvalue weighted by Gasteiger charge is 2.26. The van der Waals surface area contributed by atoms with E-state index in [4.69, 9.17) is 9.15 Å². The van der Waals surface area contributed by atoms with Gasteiger partial charge in [-0.25, -0.2) is 4.99 Å². The van der Waals surface area contributed by atoms with Crippen molar-refractivity contribution in [1.29, 1.82) is 0 Å². The van der Waals surface area contributed by atoms with Crippen LogP contribution in [0.4, 0.5) is 0 Å². The summed E-state index contributed by atoms with van der Waals surface area (Å²) in [6.45, 7) is 5.62. The highest BCUT2D eigenvalue weighted by atomic mass is 127. The fourth-order valence-electron chi connectivity index (χ4n) is 2.77. The number of benzene rings is 1. The van der Waals surface area contributed by atoms with Crippen molar-refractivity contribution in [3.05, 3.63) is 84.1 Å². The highest BCUT2D eigenvalue weighted by Crippen LogP contribution is 2.19. The van der Waals surface area contributed by atoms with E-state index in [0.717, 1.165) is 23.6 Å². The summed E-state index contributed by atoms with van der Waals surface area (Å²) in [6, 6.07) is 17.1. The molecule has 3 aromatic rings. The lowest BCUT2D eigenvalue weighted by Gasteiger charge is -2.22. The minimum Gasteiger partial charge on any atom is -0.487 e. The van der Waals surface area contributed by atoms with Gasteiger partial charge < -0.3 is 24.9 Å². The fourth-order valence-corrected chi connectivity index (χ4v) is 2.77. The summed E-state index contributed by atoms with van der Waals surface area (Å²) in [5.41, 5.74) is 0.805. The van der Waals surface area contributed by atoms with Crippen molar-refractivity contribution in [3.63, 3.8) is 0 Å². The van der Waals surface area contributed by atoms with Crippen molar-refractivity contribution in [2.45, 2.75) is 32.6 Å². The molecule has 3 N–H and O–H groups in total. The van der Waals surface area contributed by atoms with Crippen molar-refractivity contribution >= 4 is 29.9 Å². The molecule has 1 atom stereocenters. The number of pyridine rings is 1. The van der Waals surface area contributed by atoms with Crippen molar-refractivity contribution < 1.29 is 14.3 Å². The van der Waals surface area contributed by atoms with E-state index >= 15 is 0 Å². The number of aliphatic imine (C=N–C) groups is 1. The Morgan fingerprint density at radius 1 is 1.13 bits per heavy atom. The maximum Gasteiger partial charge on any atom is 0.191 e. The normalized spacial score (nSPS) is 13.1. The molecule has 0 spiro atoms. The molecule has 0 saturated carbocycles. The monoisotopic (exact) mass is 536 g/mol. The van der Waals surface area contributed by atoms with E-state index in [1.165, 1.54) is 0 Å². The van der Waals surface area contributed by atoms with Gasteiger partial charge in [0.25, 0.3) is 0 Å². The molecule has 0 bridgehead atoms. The zero-order valence-electron chi connectivity index (χ0n) is 17.7. The van der Waals surface area contributed by atoms with Gasteiger partial charge in [-0.2, -0.15) is 0 Å². The lowest BCUT2D eigenvalue weighted by molar-refractivity contribution is 0.0386. The Bertz CT molecular complexity index is 914. The topological polar surface area (TPSA) is 91.9 Å². The molecule has 0 aliphatic rings. The van der Waals surface area contributed by atoms with Crippen molar-refractivity contribution in [2.24, 2.45) is 4.99 Å². The third-order valence-corrected chi connectivity index (χ3v) is 4.45. The van der Waals surface area contributed by atoms with Gasteiger partial charge in [-0.05, 0) is 55.8 Å². The molecule has 1 aromatic carbocycles. The van der Waals surface area contributed by atoms with Crippen LogP contribution in [0.15, 0.2) is 76.5 Å². The molecular formula is C23H29IN4O3. The number of rotatable bonds is 9. The SMILES string of the molecule is CCNC(=NCc1ccc(OCc2ccccn2)cc1)NCC(C)(O)c1ccco1.I. The van der Waals surface area contributed by atoms with Gasteiger partial charge in [0, 0.05) is 12.7 Å². The summed E-state index contributed by atoms with van der Waals surface area (Å²) >= 11 is 0. The van der Waals surface area contributed by atoms with Crippen molar-refractivity contribution in [2.75, 3.05) is 13.1 Å². The number of hydrogen-bond acceptors (Lipinski definition) is 5. The van der Waals surface area contributed by atoms with E-state index in [1.807, 2.05) is 49.4 Å². The molecule has 0 fully saturated rings. The second kappa shape index (κ2) is 12.3. The van der Waals surface area contributed by atoms with Gasteiger partial charge in [-0.1, -0.05) is 18.2 Å². The maximum absolute atomic E-state index is 10.6. The lowest BCUT2D eigenvalue weighted by atomic mass is 10.0. The molecule has 31 heavy (non-hydrogen) atoms. The van der Waals surface area contributed by atoms with Crippen molar-refractivity contribution in [1.82, 2.24) is 15.6 Å². The first-order chi connectivity index (χ1) is 14.6. The third-order valence-electron chi connectivity index (χ3n) is 4.45. The number of halogens is 1. The minimum atomic E-state index is -1.13. The molecule has 0 amide bonds. The number of guanidine groups is 1. The Morgan fingerprint density at radius 2 is 1.94 bits per heavy atom. The van der Waals surface area contributed by atoms with Gasteiger partial charge in [-0.3, -0.25) is 4.98 Å². The number of furan rings is 1. The zero-order valence-corrected chi connectivity index (χ0v) is 20.1. The fraction of sp³-hybridized carbons (Fsp3) is 0.304. The standard InChI is InChI=1S/C23H28N4O3.HI/c1-3-24-22(27-17-23(2,28)21-8-6-14-29-21)26-15-18-9-11-20(12-10-18)30-16-19-7-4-5-13-25-19;/h4-14,28H,3,15-17H2,1-2H3,(H2,24,26,27);1H. The van der Waals surface area contributed by atoms with Gasteiger partial charge in [0.15, 0.2) is 5.96 Å². The molecule has 0 radical (unpaired) electrons. The molecule has 3 rings (SSSR count). The van der Waals surface area contributed by atoms with Crippen LogP contribution in [0.3, 0.4) is 0 Å². The third kappa shape index (κ3) is 7.87. The largest absolute Gasteiger partial charge is 0.487 e. The summed E-state index contributed by atoms with van der Waals surface area (Å²) in [7, 11) is 0. The number of aliphatic hydroxyl groups is 1. The van der Waals surface area contributed by atoms with E-state index in [9.17, 15) is 5.11 Å². The van der Waals surface area contributed by atoms with Gasteiger partial charge in [0.2, 0.25) is 0 Å². The van der Waals surface area contributed by atoms with E-state index in [-0.39, 0.29) is 30.5 Å². The van der Waals surface area contributed by atoms with Crippen LogP contribution in [0.5, 0.6) is 5.75 Å². The predicted octanol–water partition coefficient (Wildman–Crippen LogP) is 3.83. The molecule has 1 unspecified atom stereocenters. The Balaban J connectivity index is 0.00000341. The minimum absolute atomic E-state index is 0. The van der Waals surface area contributed by atoms with Gasteiger partial charge in [0.05, 0.1) is 25.0 Å². The average molecular weight is 536 g/mol. The van der Waals surface area contributed by atoms with Crippen LogP contribution in [0.1, 0.15) is 30.9 Å². The molecule has 166 valence electrons. The number of hydrogen-bond donors (Lipinski definition) is 3. The highest BCUT2D eigenvalue weighted by molar-refractivity contribution is 14.0.